The van der Waals surface area contributed by atoms with Crippen molar-refractivity contribution in [3.8, 4) is 0 Å². The van der Waals surface area contributed by atoms with E-state index >= 15 is 0 Å². The number of hydrogen-bond donors (Lipinski definition) is 1. The van der Waals surface area contributed by atoms with E-state index in [1.165, 1.54) is 0 Å². The lowest BCUT2D eigenvalue weighted by atomic mass is 9.97. The topological polar surface area (TPSA) is 41.6 Å². The maximum atomic E-state index is 11.9. The second-order valence-electron chi connectivity index (χ2n) is 4.93. The first-order chi connectivity index (χ1) is 8.11. The van der Waals surface area contributed by atoms with E-state index in [0.29, 0.717) is 25.1 Å². The fraction of sp³-hybridized carbons (Fsp3) is 0.923. The van der Waals surface area contributed by atoms with Crippen LogP contribution in [-0.2, 0) is 9.53 Å². The highest BCUT2D eigenvalue weighted by molar-refractivity contribution is 5.76. The molecule has 1 heterocycles. The Labute approximate surface area is 105 Å². The second-order valence-corrected chi connectivity index (χ2v) is 4.93. The van der Waals surface area contributed by atoms with Crippen molar-refractivity contribution in [2.45, 2.75) is 46.2 Å². The number of carbonyl (C=O) groups is 1. The highest BCUT2D eigenvalue weighted by atomic mass is 16.5. The van der Waals surface area contributed by atoms with Gasteiger partial charge in [-0.1, -0.05) is 20.8 Å². The summed E-state index contributed by atoms with van der Waals surface area (Å²) < 4.78 is 5.17. The predicted octanol–water partition coefficient (Wildman–Crippen LogP) is 1.26. The molecule has 1 aliphatic heterocycles. The van der Waals surface area contributed by atoms with Crippen LogP contribution in [0.15, 0.2) is 0 Å². The van der Waals surface area contributed by atoms with Crippen LogP contribution in [0.1, 0.15) is 34.1 Å². The maximum Gasteiger partial charge on any atom is 0.324 e. The van der Waals surface area contributed by atoms with Crippen LogP contribution in [0.4, 0.5) is 0 Å². The molecule has 0 aromatic rings. The molecule has 0 aromatic heterocycles. The molecule has 1 saturated heterocycles. The molecule has 100 valence electrons. The highest BCUT2D eigenvalue weighted by Gasteiger charge is 2.34. The summed E-state index contributed by atoms with van der Waals surface area (Å²) in [5, 5.41) is 3.28. The first-order valence-electron chi connectivity index (χ1n) is 6.74. The first-order valence-corrected chi connectivity index (χ1v) is 6.74. The Bertz CT molecular complexity index is 244. The summed E-state index contributed by atoms with van der Waals surface area (Å²) in [6.45, 7) is 11.5. The number of nitrogens with one attached hydrogen (secondary N) is 1. The number of piperazine rings is 1. The third kappa shape index (κ3) is 3.68. The Balaban J connectivity index is 2.73. The fourth-order valence-corrected chi connectivity index (χ4v) is 2.66. The van der Waals surface area contributed by atoms with E-state index in [9.17, 15) is 4.79 Å². The van der Waals surface area contributed by atoms with Gasteiger partial charge < -0.3 is 10.1 Å². The molecular weight excluding hydrogens is 216 g/mol. The van der Waals surface area contributed by atoms with Crippen LogP contribution in [0.25, 0.3) is 0 Å². The van der Waals surface area contributed by atoms with Crippen molar-refractivity contribution in [2.24, 2.45) is 5.92 Å². The van der Waals surface area contributed by atoms with Gasteiger partial charge in [-0.05, 0) is 19.3 Å². The number of nitrogens with zero attached hydrogens (tertiary/aromatic N) is 1. The van der Waals surface area contributed by atoms with Crippen LogP contribution < -0.4 is 5.32 Å². The number of carbonyl (C=O) groups excluding carboxylic acids is 1. The van der Waals surface area contributed by atoms with E-state index in [2.05, 4.69) is 31.0 Å². The first kappa shape index (κ1) is 14.5. The molecule has 0 amide bonds. The van der Waals surface area contributed by atoms with Gasteiger partial charge in [0.15, 0.2) is 0 Å². The number of hydrogen-bond acceptors (Lipinski definition) is 4. The normalized spacial score (nSPS) is 23.7. The van der Waals surface area contributed by atoms with Gasteiger partial charge in [-0.25, -0.2) is 0 Å². The Hall–Kier alpha value is -0.610. The third-order valence-corrected chi connectivity index (χ3v) is 3.46. The van der Waals surface area contributed by atoms with E-state index in [1.54, 1.807) is 0 Å². The van der Waals surface area contributed by atoms with E-state index in [-0.39, 0.29) is 12.0 Å². The minimum atomic E-state index is -0.115. The van der Waals surface area contributed by atoms with Gasteiger partial charge in [0.1, 0.15) is 6.04 Å². The van der Waals surface area contributed by atoms with Crippen molar-refractivity contribution in [3.63, 3.8) is 0 Å². The summed E-state index contributed by atoms with van der Waals surface area (Å²) >= 11 is 0. The lowest BCUT2D eigenvalue weighted by Gasteiger charge is -2.41. The minimum absolute atomic E-state index is 0.0844. The van der Waals surface area contributed by atoms with E-state index in [0.717, 1.165) is 19.5 Å². The van der Waals surface area contributed by atoms with Gasteiger partial charge in [-0.15, -0.1) is 0 Å². The van der Waals surface area contributed by atoms with Crippen LogP contribution in [0, 0.1) is 5.92 Å². The van der Waals surface area contributed by atoms with Gasteiger partial charge in [-0.2, -0.15) is 0 Å². The van der Waals surface area contributed by atoms with Crippen molar-refractivity contribution in [2.75, 3.05) is 26.2 Å². The molecule has 1 fully saturated rings. The Morgan fingerprint density at radius 3 is 2.71 bits per heavy atom. The molecule has 2 unspecified atom stereocenters. The molecule has 1 N–H and O–H groups in total. The highest BCUT2D eigenvalue weighted by Crippen LogP contribution is 2.19. The lowest BCUT2D eigenvalue weighted by molar-refractivity contribution is -0.151. The largest absolute Gasteiger partial charge is 0.465 e. The van der Waals surface area contributed by atoms with E-state index in [1.807, 2.05) is 6.92 Å². The standard InChI is InChI=1S/C13H26N2O2/c1-5-11(10(3)4)15-8-7-14-9-12(15)13(16)17-6-2/h10-12,14H,5-9H2,1-4H3. The van der Waals surface area contributed by atoms with Gasteiger partial charge >= 0.3 is 5.97 Å². The van der Waals surface area contributed by atoms with Gasteiger partial charge in [0.05, 0.1) is 6.61 Å². The number of rotatable bonds is 5. The summed E-state index contributed by atoms with van der Waals surface area (Å²) in [6.07, 6.45) is 1.08. The summed E-state index contributed by atoms with van der Waals surface area (Å²) in [4.78, 5) is 14.3. The van der Waals surface area contributed by atoms with Crippen LogP contribution >= 0.6 is 0 Å². The Kier molecular flexibility index (Phi) is 5.92. The molecule has 0 aliphatic carbocycles. The number of ether oxygens (including phenoxy) is 1. The monoisotopic (exact) mass is 242 g/mol. The second kappa shape index (κ2) is 6.97. The summed E-state index contributed by atoms with van der Waals surface area (Å²) in [5.74, 6) is 0.480. The van der Waals surface area contributed by atoms with Gasteiger partial charge in [0.25, 0.3) is 0 Å². The average Bonchev–Trinajstić information content (AvgIpc) is 2.30. The van der Waals surface area contributed by atoms with E-state index in [4.69, 9.17) is 4.74 Å². The molecule has 1 aliphatic rings. The van der Waals surface area contributed by atoms with Crippen LogP contribution in [0.3, 0.4) is 0 Å². The quantitative estimate of drug-likeness (QED) is 0.737. The van der Waals surface area contributed by atoms with Crippen LogP contribution in [0.5, 0.6) is 0 Å². The SMILES string of the molecule is CCOC(=O)C1CNCCN1C(CC)C(C)C. The number of esters is 1. The Morgan fingerprint density at radius 1 is 1.47 bits per heavy atom. The fourth-order valence-electron chi connectivity index (χ4n) is 2.66. The minimum Gasteiger partial charge on any atom is -0.465 e. The van der Waals surface area contributed by atoms with Crippen LogP contribution in [0.2, 0.25) is 0 Å². The molecule has 0 bridgehead atoms. The predicted molar refractivity (Wildman–Crippen MR) is 68.9 cm³/mol. The van der Waals surface area contributed by atoms with Crippen molar-refractivity contribution in [3.05, 3.63) is 0 Å². The summed E-state index contributed by atoms with van der Waals surface area (Å²) in [5.41, 5.74) is 0. The smallest absolute Gasteiger partial charge is 0.324 e. The average molecular weight is 242 g/mol. The van der Waals surface area contributed by atoms with Crippen molar-refractivity contribution in [1.29, 1.82) is 0 Å². The zero-order valence-corrected chi connectivity index (χ0v) is 11.5. The van der Waals surface area contributed by atoms with Crippen molar-refractivity contribution >= 4 is 5.97 Å². The molecule has 0 aromatic carbocycles. The molecule has 4 heteroatoms. The molecule has 2 atom stereocenters. The zero-order valence-electron chi connectivity index (χ0n) is 11.5. The van der Waals surface area contributed by atoms with Crippen molar-refractivity contribution < 1.29 is 9.53 Å². The molecule has 1 rings (SSSR count). The molecule has 0 radical (unpaired) electrons. The van der Waals surface area contributed by atoms with Crippen LogP contribution in [-0.4, -0.2) is 49.2 Å². The molecule has 0 saturated carbocycles. The molecule has 4 nitrogen and oxygen atoms in total. The lowest BCUT2D eigenvalue weighted by Crippen LogP contribution is -2.59. The van der Waals surface area contributed by atoms with E-state index < -0.39 is 0 Å². The molecule has 17 heavy (non-hydrogen) atoms. The third-order valence-electron chi connectivity index (χ3n) is 3.46. The maximum absolute atomic E-state index is 11.9. The Morgan fingerprint density at radius 2 is 2.18 bits per heavy atom. The molecular formula is C13H26N2O2. The molecule has 0 spiro atoms. The summed E-state index contributed by atoms with van der Waals surface area (Å²) in [6, 6.07) is 0.350. The zero-order chi connectivity index (χ0) is 12.8. The van der Waals surface area contributed by atoms with Crippen molar-refractivity contribution in [1.82, 2.24) is 10.2 Å². The van der Waals surface area contributed by atoms with Gasteiger partial charge in [-0.3, -0.25) is 9.69 Å². The van der Waals surface area contributed by atoms with Gasteiger partial charge in [0, 0.05) is 25.7 Å². The summed E-state index contributed by atoms with van der Waals surface area (Å²) in [7, 11) is 0. The van der Waals surface area contributed by atoms with Gasteiger partial charge in [0.2, 0.25) is 0 Å².